The van der Waals surface area contributed by atoms with Crippen molar-refractivity contribution in [3.05, 3.63) is 46.3 Å². The van der Waals surface area contributed by atoms with Crippen LogP contribution in [0.1, 0.15) is 20.8 Å². The highest BCUT2D eigenvalue weighted by Crippen LogP contribution is 2.30. The smallest absolute Gasteiger partial charge is 0.150 e. The Kier molecular flexibility index (Phi) is 2.84. The molecule has 16 heavy (non-hydrogen) atoms. The van der Waals surface area contributed by atoms with Crippen LogP contribution in [-0.4, -0.2) is 6.29 Å². The minimum Gasteiger partial charge on any atom is -0.298 e. The van der Waals surface area contributed by atoms with Crippen molar-refractivity contribution in [2.24, 2.45) is 0 Å². The molecule has 3 heteroatoms. The Hall–Kier alpha value is -1.92. The normalized spacial score (nSPS) is 9.75. The molecule has 0 bridgehead atoms. The fourth-order valence-electron chi connectivity index (χ4n) is 1.52. The van der Waals surface area contributed by atoms with Crippen LogP contribution in [-0.2, 0) is 0 Å². The molecule has 1 aromatic heterocycles. The van der Waals surface area contributed by atoms with Crippen LogP contribution in [0, 0.1) is 18.3 Å². The van der Waals surface area contributed by atoms with E-state index in [0.29, 0.717) is 10.4 Å². The molecule has 1 heterocycles. The average molecular weight is 227 g/mol. The number of nitriles is 1. The van der Waals surface area contributed by atoms with Crippen molar-refractivity contribution in [3.63, 3.8) is 0 Å². The first-order valence-electron chi connectivity index (χ1n) is 4.80. The Morgan fingerprint density at radius 3 is 2.75 bits per heavy atom. The molecule has 0 aliphatic heterocycles. The van der Waals surface area contributed by atoms with Gasteiger partial charge >= 0.3 is 0 Å². The number of rotatable bonds is 2. The zero-order valence-corrected chi connectivity index (χ0v) is 9.54. The van der Waals surface area contributed by atoms with E-state index in [1.165, 1.54) is 11.3 Å². The summed E-state index contributed by atoms with van der Waals surface area (Å²) in [6, 6.07) is 11.4. The topological polar surface area (TPSA) is 40.9 Å². The van der Waals surface area contributed by atoms with E-state index < -0.39 is 0 Å². The minimum absolute atomic E-state index is 0.660. The van der Waals surface area contributed by atoms with Crippen LogP contribution >= 0.6 is 11.3 Å². The SMILES string of the molecule is Cc1ccc(C=O)cc1-c1ccc(C#N)s1. The van der Waals surface area contributed by atoms with Gasteiger partial charge in [0.25, 0.3) is 0 Å². The number of carbonyl (C=O) groups is 1. The highest BCUT2D eigenvalue weighted by Gasteiger charge is 2.06. The molecule has 0 saturated heterocycles. The maximum Gasteiger partial charge on any atom is 0.150 e. The lowest BCUT2D eigenvalue weighted by Crippen LogP contribution is -1.84. The van der Waals surface area contributed by atoms with E-state index >= 15 is 0 Å². The molecule has 0 fully saturated rings. The van der Waals surface area contributed by atoms with Gasteiger partial charge < -0.3 is 0 Å². The van der Waals surface area contributed by atoms with Crippen LogP contribution < -0.4 is 0 Å². The lowest BCUT2D eigenvalue weighted by atomic mass is 10.0. The van der Waals surface area contributed by atoms with Crippen molar-refractivity contribution in [1.29, 1.82) is 5.26 Å². The lowest BCUT2D eigenvalue weighted by Gasteiger charge is -2.03. The number of nitrogens with zero attached hydrogens (tertiary/aromatic N) is 1. The first-order valence-corrected chi connectivity index (χ1v) is 5.62. The molecule has 0 aliphatic carbocycles. The highest BCUT2D eigenvalue weighted by atomic mass is 32.1. The summed E-state index contributed by atoms with van der Waals surface area (Å²) >= 11 is 1.44. The van der Waals surface area contributed by atoms with Gasteiger partial charge in [-0.05, 0) is 36.2 Å². The second kappa shape index (κ2) is 4.30. The van der Waals surface area contributed by atoms with Crippen molar-refractivity contribution in [2.45, 2.75) is 6.92 Å². The number of benzene rings is 1. The summed E-state index contributed by atoms with van der Waals surface area (Å²) < 4.78 is 0. The minimum atomic E-state index is 0.660. The van der Waals surface area contributed by atoms with Gasteiger partial charge in [0, 0.05) is 10.4 Å². The summed E-state index contributed by atoms with van der Waals surface area (Å²) in [5, 5.41) is 8.77. The van der Waals surface area contributed by atoms with Gasteiger partial charge in [-0.1, -0.05) is 12.1 Å². The van der Waals surface area contributed by atoms with Crippen molar-refractivity contribution in [1.82, 2.24) is 0 Å². The summed E-state index contributed by atoms with van der Waals surface area (Å²) in [5.41, 5.74) is 2.79. The predicted octanol–water partition coefficient (Wildman–Crippen LogP) is 3.41. The summed E-state index contributed by atoms with van der Waals surface area (Å²) in [6.07, 6.45) is 0.835. The molecule has 0 spiro atoms. The van der Waals surface area contributed by atoms with Crippen LogP contribution in [0.3, 0.4) is 0 Å². The third kappa shape index (κ3) is 1.88. The molecule has 0 aliphatic rings. The summed E-state index contributed by atoms with van der Waals surface area (Å²) in [7, 11) is 0. The van der Waals surface area contributed by atoms with Crippen molar-refractivity contribution < 1.29 is 4.79 Å². The Bertz CT molecular complexity index is 578. The van der Waals surface area contributed by atoms with Gasteiger partial charge in [0.1, 0.15) is 17.2 Å². The van der Waals surface area contributed by atoms with Gasteiger partial charge in [-0.25, -0.2) is 0 Å². The molecule has 0 unspecified atom stereocenters. The van der Waals surface area contributed by atoms with Gasteiger partial charge in [0.2, 0.25) is 0 Å². The van der Waals surface area contributed by atoms with E-state index in [-0.39, 0.29) is 0 Å². The van der Waals surface area contributed by atoms with Gasteiger partial charge in [-0.2, -0.15) is 5.26 Å². The van der Waals surface area contributed by atoms with E-state index in [1.54, 1.807) is 12.1 Å². The molecule has 0 saturated carbocycles. The zero-order chi connectivity index (χ0) is 11.5. The van der Waals surface area contributed by atoms with Crippen LogP contribution in [0.25, 0.3) is 10.4 Å². The molecule has 2 aromatic rings. The molecule has 0 radical (unpaired) electrons. The van der Waals surface area contributed by atoms with Crippen molar-refractivity contribution in [2.75, 3.05) is 0 Å². The Morgan fingerprint density at radius 1 is 1.31 bits per heavy atom. The monoisotopic (exact) mass is 227 g/mol. The fourth-order valence-corrected chi connectivity index (χ4v) is 2.41. The van der Waals surface area contributed by atoms with E-state index in [9.17, 15) is 4.79 Å². The third-order valence-corrected chi connectivity index (χ3v) is 3.40. The van der Waals surface area contributed by atoms with Crippen molar-refractivity contribution >= 4 is 17.6 Å². The number of hydrogen-bond donors (Lipinski definition) is 0. The molecule has 0 amide bonds. The molecule has 2 rings (SSSR count). The zero-order valence-electron chi connectivity index (χ0n) is 8.73. The molecular formula is C13H9NOS. The molecule has 2 nitrogen and oxygen atoms in total. The molecule has 78 valence electrons. The molecule has 0 N–H and O–H groups in total. The fraction of sp³-hybridized carbons (Fsp3) is 0.0769. The molecular weight excluding hydrogens is 218 g/mol. The maximum atomic E-state index is 10.7. The molecule has 0 atom stereocenters. The van der Waals surface area contributed by atoms with Crippen LogP contribution in [0.2, 0.25) is 0 Å². The number of aryl methyl sites for hydroxylation is 1. The van der Waals surface area contributed by atoms with E-state index in [0.717, 1.165) is 22.3 Å². The van der Waals surface area contributed by atoms with Gasteiger partial charge in [-0.15, -0.1) is 11.3 Å². The van der Waals surface area contributed by atoms with E-state index in [1.807, 2.05) is 25.1 Å². The Balaban J connectivity index is 2.54. The van der Waals surface area contributed by atoms with Gasteiger partial charge in [0.05, 0.1) is 0 Å². The highest BCUT2D eigenvalue weighted by molar-refractivity contribution is 7.16. The second-order valence-corrected chi connectivity index (χ2v) is 4.55. The van der Waals surface area contributed by atoms with Gasteiger partial charge in [-0.3, -0.25) is 4.79 Å². The number of thiophene rings is 1. The summed E-state index contributed by atoms with van der Waals surface area (Å²) in [6.45, 7) is 2.00. The van der Waals surface area contributed by atoms with Crippen molar-refractivity contribution in [3.8, 4) is 16.5 Å². The maximum absolute atomic E-state index is 10.7. The van der Waals surface area contributed by atoms with E-state index in [4.69, 9.17) is 5.26 Å². The number of aldehydes is 1. The molecule has 1 aromatic carbocycles. The number of hydrogen-bond acceptors (Lipinski definition) is 3. The third-order valence-electron chi connectivity index (χ3n) is 2.38. The lowest BCUT2D eigenvalue weighted by molar-refractivity contribution is 0.112. The number of carbonyl (C=O) groups excluding carboxylic acids is 1. The first-order chi connectivity index (χ1) is 7.74. The van der Waals surface area contributed by atoms with Crippen LogP contribution in [0.5, 0.6) is 0 Å². The predicted molar refractivity (Wildman–Crippen MR) is 64.6 cm³/mol. The summed E-state index contributed by atoms with van der Waals surface area (Å²) in [5.74, 6) is 0. The quantitative estimate of drug-likeness (QED) is 0.738. The van der Waals surface area contributed by atoms with Gasteiger partial charge in [0.15, 0.2) is 0 Å². The van der Waals surface area contributed by atoms with Crippen LogP contribution in [0.4, 0.5) is 0 Å². The average Bonchev–Trinajstić information content (AvgIpc) is 2.78. The Morgan fingerprint density at radius 2 is 2.12 bits per heavy atom. The van der Waals surface area contributed by atoms with Crippen LogP contribution in [0.15, 0.2) is 30.3 Å². The second-order valence-electron chi connectivity index (χ2n) is 3.47. The largest absolute Gasteiger partial charge is 0.298 e. The first kappa shape index (κ1) is 10.6. The Labute approximate surface area is 97.8 Å². The summed E-state index contributed by atoms with van der Waals surface area (Å²) in [4.78, 5) is 12.4. The van der Waals surface area contributed by atoms with E-state index in [2.05, 4.69) is 6.07 Å². The standard InChI is InChI=1S/C13H9NOS/c1-9-2-3-10(8-15)6-12(9)13-5-4-11(7-14)16-13/h2-6,8H,1H3.